The van der Waals surface area contributed by atoms with E-state index >= 15 is 0 Å². The summed E-state index contributed by atoms with van der Waals surface area (Å²) in [7, 11) is 1.73. The number of hydrogen-bond acceptors (Lipinski definition) is 3. The van der Waals surface area contributed by atoms with E-state index in [2.05, 4.69) is 17.6 Å². The van der Waals surface area contributed by atoms with Gasteiger partial charge in [-0.2, -0.15) is 0 Å². The van der Waals surface area contributed by atoms with Crippen molar-refractivity contribution >= 4 is 17.5 Å². The summed E-state index contributed by atoms with van der Waals surface area (Å²) in [5.74, 6) is -0.319. The maximum atomic E-state index is 12.6. The van der Waals surface area contributed by atoms with Gasteiger partial charge in [0.15, 0.2) is 0 Å². The van der Waals surface area contributed by atoms with Crippen molar-refractivity contribution in [3.8, 4) is 0 Å². The molecule has 2 N–H and O–H groups in total. The largest absolute Gasteiger partial charge is 0.351 e. The predicted octanol–water partition coefficient (Wildman–Crippen LogP) is 2.69. The number of hydrogen-bond donors (Lipinski definition) is 2. The molecule has 2 rings (SSSR count). The van der Waals surface area contributed by atoms with E-state index in [1.54, 1.807) is 36.2 Å². The van der Waals surface area contributed by atoms with E-state index in [1.165, 1.54) is 0 Å². The number of benzene rings is 2. The molecule has 0 aliphatic carbocycles. The first-order valence-electron chi connectivity index (χ1n) is 8.55. The van der Waals surface area contributed by atoms with Crippen LogP contribution in [-0.4, -0.2) is 38.5 Å². The second kappa shape index (κ2) is 9.59. The van der Waals surface area contributed by atoms with E-state index in [9.17, 15) is 9.59 Å². The van der Waals surface area contributed by atoms with Gasteiger partial charge in [-0.25, -0.2) is 0 Å². The van der Waals surface area contributed by atoms with Crippen molar-refractivity contribution in [2.45, 2.75) is 13.3 Å². The molecule has 2 amide bonds. The number of nitrogens with one attached hydrogen (secondary N) is 2. The van der Waals surface area contributed by atoms with Gasteiger partial charge in [-0.3, -0.25) is 9.59 Å². The van der Waals surface area contributed by atoms with Gasteiger partial charge in [-0.1, -0.05) is 31.2 Å². The van der Waals surface area contributed by atoms with E-state index in [1.807, 2.05) is 30.3 Å². The van der Waals surface area contributed by atoms with E-state index in [0.29, 0.717) is 17.7 Å². The molecule has 5 nitrogen and oxygen atoms in total. The highest BCUT2D eigenvalue weighted by Crippen LogP contribution is 2.15. The number of para-hydroxylation sites is 1. The summed E-state index contributed by atoms with van der Waals surface area (Å²) in [4.78, 5) is 26.4. The maximum Gasteiger partial charge on any atom is 0.258 e. The maximum absolute atomic E-state index is 12.6. The molecule has 2 aromatic carbocycles. The highest BCUT2D eigenvalue weighted by molar-refractivity contribution is 6.07. The Bertz CT molecular complexity index is 701. The minimum Gasteiger partial charge on any atom is -0.351 e. The van der Waals surface area contributed by atoms with Crippen molar-refractivity contribution in [2.75, 3.05) is 31.6 Å². The Morgan fingerprint density at radius 3 is 2.36 bits per heavy atom. The van der Waals surface area contributed by atoms with Crippen molar-refractivity contribution in [1.29, 1.82) is 0 Å². The number of nitrogens with zero attached hydrogens (tertiary/aromatic N) is 1. The van der Waals surface area contributed by atoms with Crippen LogP contribution < -0.4 is 15.5 Å². The van der Waals surface area contributed by atoms with Crippen LogP contribution in [0, 0.1) is 0 Å². The Hall–Kier alpha value is -2.66. The van der Waals surface area contributed by atoms with Crippen LogP contribution in [-0.2, 0) is 0 Å². The molecule has 0 unspecified atom stereocenters. The summed E-state index contributed by atoms with van der Waals surface area (Å²) in [6.07, 6.45) is 1.06. The summed E-state index contributed by atoms with van der Waals surface area (Å²) in [5.41, 5.74) is 1.79. The van der Waals surface area contributed by atoms with Gasteiger partial charge in [0.25, 0.3) is 11.8 Å². The van der Waals surface area contributed by atoms with Gasteiger partial charge in [0, 0.05) is 37.0 Å². The second-order valence-electron chi connectivity index (χ2n) is 5.79. The van der Waals surface area contributed by atoms with Crippen LogP contribution >= 0.6 is 0 Å². The van der Waals surface area contributed by atoms with Gasteiger partial charge in [0.05, 0.1) is 0 Å². The van der Waals surface area contributed by atoms with Crippen molar-refractivity contribution in [3.05, 3.63) is 65.7 Å². The summed E-state index contributed by atoms with van der Waals surface area (Å²) < 4.78 is 0. The molecule has 25 heavy (non-hydrogen) atoms. The number of carbonyl (C=O) groups excluding carboxylic acids is 2. The summed E-state index contributed by atoms with van der Waals surface area (Å²) in [6, 6.07) is 16.2. The summed E-state index contributed by atoms with van der Waals surface area (Å²) in [6.45, 7) is 4.32. The molecule has 0 atom stereocenters. The van der Waals surface area contributed by atoms with Crippen LogP contribution in [0.5, 0.6) is 0 Å². The lowest BCUT2D eigenvalue weighted by Gasteiger charge is -2.17. The molecule has 0 saturated carbocycles. The smallest absolute Gasteiger partial charge is 0.258 e. The second-order valence-corrected chi connectivity index (χ2v) is 5.79. The fraction of sp³-hybridized carbons (Fsp3) is 0.300. The highest BCUT2D eigenvalue weighted by atomic mass is 16.2. The lowest BCUT2D eigenvalue weighted by molar-refractivity contribution is 0.0954. The normalized spacial score (nSPS) is 10.3. The van der Waals surface area contributed by atoms with Gasteiger partial charge in [-0.05, 0) is 43.3 Å². The van der Waals surface area contributed by atoms with Crippen molar-refractivity contribution in [1.82, 2.24) is 10.6 Å². The molecule has 0 radical (unpaired) electrons. The first-order valence-corrected chi connectivity index (χ1v) is 8.55. The zero-order valence-corrected chi connectivity index (χ0v) is 14.8. The number of carbonyl (C=O) groups is 2. The predicted molar refractivity (Wildman–Crippen MR) is 101 cm³/mol. The average Bonchev–Trinajstić information content (AvgIpc) is 2.67. The number of amides is 2. The third kappa shape index (κ3) is 5.43. The first-order chi connectivity index (χ1) is 12.1. The van der Waals surface area contributed by atoms with Crippen LogP contribution in [0.2, 0.25) is 0 Å². The molecule has 0 fully saturated rings. The third-order valence-electron chi connectivity index (χ3n) is 3.83. The van der Waals surface area contributed by atoms with Gasteiger partial charge in [-0.15, -0.1) is 0 Å². The molecular formula is C20H25N3O2. The molecule has 0 spiro atoms. The molecule has 2 aromatic rings. The molecule has 0 heterocycles. The standard InChI is InChI=1S/C20H25N3O2/c1-3-12-21-13-14-22-19(24)16-8-7-9-17(15-16)20(25)23(2)18-10-5-4-6-11-18/h4-11,15,21H,3,12-14H2,1-2H3,(H,22,24). The molecule has 5 heteroatoms. The molecule has 0 aliphatic heterocycles. The Morgan fingerprint density at radius 1 is 0.920 bits per heavy atom. The monoisotopic (exact) mass is 339 g/mol. The highest BCUT2D eigenvalue weighted by Gasteiger charge is 2.15. The Balaban J connectivity index is 2.00. The van der Waals surface area contributed by atoms with E-state index < -0.39 is 0 Å². The van der Waals surface area contributed by atoms with Crippen LogP contribution in [0.15, 0.2) is 54.6 Å². The topological polar surface area (TPSA) is 61.4 Å². The van der Waals surface area contributed by atoms with Crippen LogP contribution in [0.1, 0.15) is 34.1 Å². The SMILES string of the molecule is CCCNCCNC(=O)c1cccc(C(=O)N(C)c2ccccc2)c1. The lowest BCUT2D eigenvalue weighted by Crippen LogP contribution is -2.32. The minimum atomic E-state index is -0.171. The fourth-order valence-corrected chi connectivity index (χ4v) is 2.42. The van der Waals surface area contributed by atoms with E-state index in [4.69, 9.17) is 0 Å². The lowest BCUT2D eigenvalue weighted by atomic mass is 10.1. The molecule has 0 saturated heterocycles. The van der Waals surface area contributed by atoms with E-state index in [-0.39, 0.29) is 11.8 Å². The summed E-state index contributed by atoms with van der Waals surface area (Å²) in [5, 5.41) is 6.09. The zero-order chi connectivity index (χ0) is 18.1. The quantitative estimate of drug-likeness (QED) is 0.727. The number of anilines is 1. The van der Waals surface area contributed by atoms with Crippen LogP contribution in [0.4, 0.5) is 5.69 Å². The Labute approximate surface area is 149 Å². The van der Waals surface area contributed by atoms with Crippen molar-refractivity contribution < 1.29 is 9.59 Å². The third-order valence-corrected chi connectivity index (χ3v) is 3.83. The van der Waals surface area contributed by atoms with Gasteiger partial charge in [0.2, 0.25) is 0 Å². The molecule has 132 valence electrons. The molecule has 0 aliphatic rings. The molecule has 0 bridgehead atoms. The minimum absolute atomic E-state index is 0.148. The van der Waals surface area contributed by atoms with E-state index in [0.717, 1.165) is 25.2 Å². The fourth-order valence-electron chi connectivity index (χ4n) is 2.42. The average molecular weight is 339 g/mol. The zero-order valence-electron chi connectivity index (χ0n) is 14.8. The Morgan fingerprint density at radius 2 is 1.64 bits per heavy atom. The molecular weight excluding hydrogens is 314 g/mol. The van der Waals surface area contributed by atoms with Crippen LogP contribution in [0.25, 0.3) is 0 Å². The van der Waals surface area contributed by atoms with Crippen LogP contribution in [0.3, 0.4) is 0 Å². The van der Waals surface area contributed by atoms with Crippen molar-refractivity contribution in [3.63, 3.8) is 0 Å². The van der Waals surface area contributed by atoms with Crippen molar-refractivity contribution in [2.24, 2.45) is 0 Å². The molecule has 0 aromatic heterocycles. The Kier molecular flexibility index (Phi) is 7.16. The van der Waals surface area contributed by atoms with Gasteiger partial charge < -0.3 is 15.5 Å². The number of rotatable bonds is 8. The summed E-state index contributed by atoms with van der Waals surface area (Å²) >= 11 is 0. The van der Waals surface area contributed by atoms with Gasteiger partial charge >= 0.3 is 0 Å². The van der Waals surface area contributed by atoms with Gasteiger partial charge in [0.1, 0.15) is 0 Å². The first kappa shape index (κ1) is 18.7.